The van der Waals surface area contributed by atoms with Crippen LogP contribution in [0.2, 0.25) is 0 Å². The summed E-state index contributed by atoms with van der Waals surface area (Å²) in [4.78, 5) is 9.89. The van der Waals surface area contributed by atoms with Gasteiger partial charge in [-0.05, 0) is 22.0 Å². The van der Waals surface area contributed by atoms with E-state index in [0.29, 0.717) is 10.2 Å². The molecule has 1 radical (unpaired) electrons. The van der Waals surface area contributed by atoms with Crippen LogP contribution in [0.15, 0.2) is 22.7 Å². The third kappa shape index (κ3) is 2.68. The van der Waals surface area contributed by atoms with E-state index in [1.54, 1.807) is 0 Å². The number of nitrogens with zero attached hydrogens (tertiary/aromatic N) is 1. The zero-order valence-corrected chi connectivity index (χ0v) is 8.69. The molecule has 0 N–H and O–H groups in total. The molecule has 0 saturated carbocycles. The van der Waals surface area contributed by atoms with Crippen LogP contribution in [0.3, 0.4) is 0 Å². The second kappa shape index (κ2) is 4.92. The molecule has 0 unspecified atom stereocenters. The lowest BCUT2D eigenvalue weighted by molar-refractivity contribution is -0.385. The first-order valence-corrected chi connectivity index (χ1v) is 4.59. The Balaban J connectivity index is 2.90. The fraction of sp³-hybridized carbons (Fsp3) is 0.250. The van der Waals surface area contributed by atoms with Crippen molar-refractivity contribution in [1.82, 2.24) is 0 Å². The number of ether oxygens (including phenoxy) is 1. The van der Waals surface area contributed by atoms with E-state index in [1.807, 2.05) is 0 Å². The van der Waals surface area contributed by atoms with Gasteiger partial charge in [0.05, 0.1) is 15.5 Å². The Kier molecular flexibility index (Phi) is 3.84. The Morgan fingerprint density at radius 1 is 1.50 bits per heavy atom. The number of rotatable bonds is 4. The maximum absolute atomic E-state index is 10.4. The number of hydrogen-bond donors (Lipinski definition) is 0. The molecule has 0 bridgehead atoms. The molecular formula is C8H7BrNO4. The normalized spacial score (nSPS) is 9.86. The van der Waals surface area contributed by atoms with Crippen molar-refractivity contribution < 1.29 is 14.8 Å². The van der Waals surface area contributed by atoms with Gasteiger partial charge < -0.3 is 4.74 Å². The predicted octanol–water partition coefficient (Wildman–Crippen LogP) is 2.17. The molecule has 0 aliphatic rings. The molecule has 0 spiro atoms. The summed E-state index contributed by atoms with van der Waals surface area (Å²) in [6, 6.07) is 4.14. The maximum atomic E-state index is 10.4. The van der Waals surface area contributed by atoms with Gasteiger partial charge in [-0.1, -0.05) is 0 Å². The summed E-state index contributed by atoms with van der Waals surface area (Å²) in [5.41, 5.74) is -0.0610. The Morgan fingerprint density at radius 3 is 2.79 bits per heavy atom. The van der Waals surface area contributed by atoms with Crippen molar-refractivity contribution in [3.05, 3.63) is 32.8 Å². The standard InChI is InChI=1S/C8H7BrNO4/c9-7-2-1-6(10(12)13)5-8(7)14-4-3-11/h1-2,5H,3-4H2. The highest BCUT2D eigenvalue weighted by molar-refractivity contribution is 9.10. The molecule has 1 aromatic carbocycles. The summed E-state index contributed by atoms with van der Waals surface area (Å²) in [5, 5.41) is 20.6. The molecule has 75 valence electrons. The SMILES string of the molecule is [O]CCOc1cc([N+](=O)[O-])ccc1Br. The average molecular weight is 261 g/mol. The molecule has 6 heteroatoms. The zero-order chi connectivity index (χ0) is 10.6. The van der Waals surface area contributed by atoms with Crippen LogP contribution in [0, 0.1) is 10.1 Å². The molecule has 0 saturated heterocycles. The van der Waals surface area contributed by atoms with Gasteiger partial charge in [0.15, 0.2) is 0 Å². The predicted molar refractivity (Wildman–Crippen MR) is 51.8 cm³/mol. The number of nitro benzene ring substituents is 1. The fourth-order valence-corrected chi connectivity index (χ4v) is 1.23. The molecule has 5 nitrogen and oxygen atoms in total. The summed E-state index contributed by atoms with van der Waals surface area (Å²) in [5.74, 6) is 0.315. The minimum absolute atomic E-state index is 0.000231. The molecule has 14 heavy (non-hydrogen) atoms. The lowest BCUT2D eigenvalue weighted by atomic mass is 10.3. The van der Waals surface area contributed by atoms with Gasteiger partial charge in [-0.3, -0.25) is 10.1 Å². The first-order valence-electron chi connectivity index (χ1n) is 3.80. The smallest absolute Gasteiger partial charge is 0.273 e. The van der Waals surface area contributed by atoms with Crippen LogP contribution < -0.4 is 4.74 Å². The molecule has 0 heterocycles. The third-order valence-electron chi connectivity index (χ3n) is 1.47. The molecule has 0 aliphatic carbocycles. The van der Waals surface area contributed by atoms with Crippen LogP contribution in [-0.2, 0) is 5.11 Å². The topological polar surface area (TPSA) is 72.3 Å². The Hall–Kier alpha value is -1.14. The lowest BCUT2D eigenvalue weighted by Gasteiger charge is -2.05. The first kappa shape index (κ1) is 10.9. The van der Waals surface area contributed by atoms with E-state index < -0.39 is 4.92 Å². The quantitative estimate of drug-likeness (QED) is 0.615. The summed E-state index contributed by atoms with van der Waals surface area (Å²) < 4.78 is 5.61. The first-order chi connectivity index (χ1) is 6.65. The van der Waals surface area contributed by atoms with Crippen LogP contribution in [0.1, 0.15) is 0 Å². The number of halogens is 1. The summed E-state index contributed by atoms with van der Waals surface area (Å²) in [7, 11) is 0. The molecular weight excluding hydrogens is 254 g/mol. The highest BCUT2D eigenvalue weighted by Crippen LogP contribution is 2.28. The van der Waals surface area contributed by atoms with E-state index in [-0.39, 0.29) is 18.9 Å². The van der Waals surface area contributed by atoms with Crippen LogP contribution in [0.25, 0.3) is 0 Å². The number of benzene rings is 1. The maximum Gasteiger partial charge on any atom is 0.273 e. The molecule has 0 amide bonds. The highest BCUT2D eigenvalue weighted by Gasteiger charge is 2.09. The summed E-state index contributed by atoms with van der Waals surface area (Å²) in [6.45, 7) is -0.380. The summed E-state index contributed by atoms with van der Waals surface area (Å²) in [6.07, 6.45) is 0. The van der Waals surface area contributed by atoms with E-state index in [0.717, 1.165) is 0 Å². The molecule has 1 rings (SSSR count). The van der Waals surface area contributed by atoms with Crippen molar-refractivity contribution in [2.75, 3.05) is 13.2 Å². The van der Waals surface area contributed by atoms with E-state index in [2.05, 4.69) is 15.9 Å². The lowest BCUT2D eigenvalue weighted by Crippen LogP contribution is -2.01. The average Bonchev–Trinajstić information content (AvgIpc) is 2.16. The minimum atomic E-state index is -0.517. The van der Waals surface area contributed by atoms with Gasteiger partial charge in [-0.25, -0.2) is 5.11 Å². The largest absolute Gasteiger partial charge is 0.490 e. The number of nitro groups is 1. The van der Waals surface area contributed by atoms with Crippen molar-refractivity contribution in [1.29, 1.82) is 0 Å². The van der Waals surface area contributed by atoms with Crippen LogP contribution in [0.5, 0.6) is 5.75 Å². The van der Waals surface area contributed by atoms with Gasteiger partial charge in [0, 0.05) is 6.07 Å². The van der Waals surface area contributed by atoms with Gasteiger partial charge in [-0.2, -0.15) is 0 Å². The monoisotopic (exact) mass is 260 g/mol. The fourth-order valence-electron chi connectivity index (χ4n) is 0.868. The highest BCUT2D eigenvalue weighted by atomic mass is 79.9. The Labute approximate surface area is 88.6 Å². The van der Waals surface area contributed by atoms with Crippen molar-refractivity contribution in [2.24, 2.45) is 0 Å². The van der Waals surface area contributed by atoms with E-state index in [4.69, 9.17) is 4.74 Å². The second-order valence-corrected chi connectivity index (χ2v) is 3.28. The molecule has 0 fully saturated rings. The van der Waals surface area contributed by atoms with Crippen molar-refractivity contribution in [3.63, 3.8) is 0 Å². The zero-order valence-electron chi connectivity index (χ0n) is 7.10. The van der Waals surface area contributed by atoms with Gasteiger partial charge in [0.2, 0.25) is 0 Å². The molecule has 0 aliphatic heterocycles. The third-order valence-corrected chi connectivity index (χ3v) is 2.12. The van der Waals surface area contributed by atoms with Gasteiger partial charge in [0.1, 0.15) is 19.0 Å². The van der Waals surface area contributed by atoms with Crippen molar-refractivity contribution >= 4 is 21.6 Å². The van der Waals surface area contributed by atoms with E-state index >= 15 is 0 Å². The molecule has 0 aromatic heterocycles. The van der Waals surface area contributed by atoms with Crippen LogP contribution >= 0.6 is 15.9 Å². The Morgan fingerprint density at radius 2 is 2.21 bits per heavy atom. The number of non-ortho nitro benzene ring substituents is 1. The van der Waals surface area contributed by atoms with Crippen LogP contribution in [0.4, 0.5) is 5.69 Å². The molecule has 1 aromatic rings. The Bertz CT molecular complexity index is 342. The van der Waals surface area contributed by atoms with Crippen molar-refractivity contribution in [2.45, 2.75) is 0 Å². The van der Waals surface area contributed by atoms with Gasteiger partial charge in [-0.15, -0.1) is 0 Å². The van der Waals surface area contributed by atoms with E-state index in [1.165, 1.54) is 18.2 Å². The van der Waals surface area contributed by atoms with Crippen LogP contribution in [-0.4, -0.2) is 18.1 Å². The second-order valence-electron chi connectivity index (χ2n) is 2.42. The van der Waals surface area contributed by atoms with Crippen molar-refractivity contribution in [3.8, 4) is 5.75 Å². The number of hydrogen-bond acceptors (Lipinski definition) is 3. The minimum Gasteiger partial charge on any atom is -0.490 e. The van der Waals surface area contributed by atoms with E-state index in [9.17, 15) is 15.2 Å². The van der Waals surface area contributed by atoms with Gasteiger partial charge >= 0.3 is 0 Å². The summed E-state index contributed by atoms with van der Waals surface area (Å²) >= 11 is 3.16. The van der Waals surface area contributed by atoms with Gasteiger partial charge in [0.25, 0.3) is 5.69 Å². The molecule has 0 atom stereocenters.